The summed E-state index contributed by atoms with van der Waals surface area (Å²) in [4.78, 5) is 32.8. The predicted octanol–water partition coefficient (Wildman–Crippen LogP) is 1.99. The Balaban J connectivity index is 1.43. The number of hydrogen-bond acceptors (Lipinski definition) is 4. The SMILES string of the molecule is O=C(c1ccsc1)N1CCN(C(=O)c2ccc3nccn3c2)CC1. The van der Waals surface area contributed by atoms with E-state index < -0.39 is 0 Å². The molecule has 3 aromatic heterocycles. The molecule has 0 aromatic carbocycles. The van der Waals surface area contributed by atoms with E-state index in [1.165, 1.54) is 11.3 Å². The van der Waals surface area contributed by atoms with Gasteiger partial charge in [0, 0.05) is 50.1 Å². The van der Waals surface area contributed by atoms with Gasteiger partial charge >= 0.3 is 0 Å². The van der Waals surface area contributed by atoms with Crippen molar-refractivity contribution in [1.29, 1.82) is 0 Å². The number of carbonyl (C=O) groups is 2. The maximum absolute atomic E-state index is 12.7. The zero-order valence-electron chi connectivity index (χ0n) is 13.0. The highest BCUT2D eigenvalue weighted by molar-refractivity contribution is 7.08. The van der Waals surface area contributed by atoms with Crippen molar-refractivity contribution in [2.45, 2.75) is 0 Å². The van der Waals surface area contributed by atoms with E-state index in [-0.39, 0.29) is 11.8 Å². The fourth-order valence-corrected chi connectivity index (χ4v) is 3.54. The van der Waals surface area contributed by atoms with E-state index in [4.69, 9.17) is 0 Å². The molecule has 0 unspecified atom stereocenters. The molecule has 4 rings (SSSR count). The van der Waals surface area contributed by atoms with Crippen molar-refractivity contribution >= 4 is 28.8 Å². The highest BCUT2D eigenvalue weighted by Gasteiger charge is 2.25. The predicted molar refractivity (Wildman–Crippen MR) is 91.3 cm³/mol. The molecule has 0 saturated carbocycles. The number of thiophene rings is 1. The van der Waals surface area contributed by atoms with Crippen LogP contribution >= 0.6 is 11.3 Å². The smallest absolute Gasteiger partial charge is 0.255 e. The molecule has 0 atom stereocenters. The zero-order chi connectivity index (χ0) is 16.5. The van der Waals surface area contributed by atoms with Crippen LogP contribution in [0.15, 0.2) is 47.5 Å². The van der Waals surface area contributed by atoms with Crippen molar-refractivity contribution in [2.24, 2.45) is 0 Å². The summed E-state index contributed by atoms with van der Waals surface area (Å²) in [6.45, 7) is 2.23. The lowest BCUT2D eigenvalue weighted by Gasteiger charge is -2.34. The highest BCUT2D eigenvalue weighted by Crippen LogP contribution is 2.14. The van der Waals surface area contributed by atoms with Crippen LogP contribution in [0, 0.1) is 0 Å². The molecule has 122 valence electrons. The first-order valence-corrected chi connectivity index (χ1v) is 8.70. The highest BCUT2D eigenvalue weighted by atomic mass is 32.1. The van der Waals surface area contributed by atoms with E-state index >= 15 is 0 Å². The van der Waals surface area contributed by atoms with Crippen LogP contribution in [0.3, 0.4) is 0 Å². The van der Waals surface area contributed by atoms with Gasteiger partial charge in [0.1, 0.15) is 5.65 Å². The lowest BCUT2D eigenvalue weighted by Crippen LogP contribution is -2.50. The van der Waals surface area contributed by atoms with E-state index in [1.807, 2.05) is 38.4 Å². The van der Waals surface area contributed by atoms with Crippen LogP contribution < -0.4 is 0 Å². The van der Waals surface area contributed by atoms with Gasteiger partial charge in [0.25, 0.3) is 11.8 Å². The van der Waals surface area contributed by atoms with E-state index in [2.05, 4.69) is 4.98 Å². The summed E-state index contributed by atoms with van der Waals surface area (Å²) in [6, 6.07) is 5.47. The van der Waals surface area contributed by atoms with Gasteiger partial charge in [-0.15, -0.1) is 0 Å². The van der Waals surface area contributed by atoms with Gasteiger partial charge in [-0.25, -0.2) is 4.98 Å². The Kier molecular flexibility index (Phi) is 3.78. The number of piperazine rings is 1. The van der Waals surface area contributed by atoms with Gasteiger partial charge in [-0.3, -0.25) is 9.59 Å². The molecule has 0 aliphatic carbocycles. The Morgan fingerprint density at radius 3 is 2.33 bits per heavy atom. The Morgan fingerprint density at radius 2 is 1.67 bits per heavy atom. The fraction of sp³-hybridized carbons (Fsp3) is 0.235. The van der Waals surface area contributed by atoms with Gasteiger partial charge in [0.15, 0.2) is 0 Å². The molecule has 24 heavy (non-hydrogen) atoms. The minimum Gasteiger partial charge on any atom is -0.335 e. The molecular formula is C17H16N4O2S. The normalized spacial score (nSPS) is 15.0. The second-order valence-corrected chi connectivity index (χ2v) is 6.49. The molecule has 0 N–H and O–H groups in total. The van der Waals surface area contributed by atoms with Crippen LogP contribution in [0.2, 0.25) is 0 Å². The Labute approximate surface area is 142 Å². The average Bonchev–Trinajstić information content (AvgIpc) is 3.31. The lowest BCUT2D eigenvalue weighted by atomic mass is 10.2. The Morgan fingerprint density at radius 1 is 0.958 bits per heavy atom. The lowest BCUT2D eigenvalue weighted by molar-refractivity contribution is 0.0535. The molecule has 1 fully saturated rings. The quantitative estimate of drug-likeness (QED) is 0.717. The summed E-state index contributed by atoms with van der Waals surface area (Å²) >= 11 is 1.52. The van der Waals surface area contributed by atoms with E-state index in [0.29, 0.717) is 31.7 Å². The van der Waals surface area contributed by atoms with Crippen molar-refractivity contribution in [1.82, 2.24) is 19.2 Å². The maximum atomic E-state index is 12.7. The van der Waals surface area contributed by atoms with Gasteiger partial charge in [-0.05, 0) is 23.6 Å². The van der Waals surface area contributed by atoms with Crippen LogP contribution in [-0.2, 0) is 0 Å². The number of amides is 2. The first-order chi connectivity index (χ1) is 11.7. The zero-order valence-corrected chi connectivity index (χ0v) is 13.8. The maximum Gasteiger partial charge on any atom is 0.255 e. The molecule has 0 bridgehead atoms. The molecule has 2 amide bonds. The Bertz CT molecular complexity index is 879. The van der Waals surface area contributed by atoms with E-state index in [9.17, 15) is 9.59 Å². The average molecular weight is 340 g/mol. The third-order valence-electron chi connectivity index (χ3n) is 4.26. The fourth-order valence-electron chi connectivity index (χ4n) is 2.91. The molecule has 0 spiro atoms. The van der Waals surface area contributed by atoms with Gasteiger partial charge in [0.05, 0.1) is 11.1 Å². The largest absolute Gasteiger partial charge is 0.335 e. The van der Waals surface area contributed by atoms with Gasteiger partial charge < -0.3 is 14.2 Å². The molecule has 6 nitrogen and oxygen atoms in total. The first-order valence-electron chi connectivity index (χ1n) is 7.76. The van der Waals surface area contributed by atoms with Gasteiger partial charge in [-0.2, -0.15) is 11.3 Å². The Hall–Kier alpha value is -2.67. The third-order valence-corrected chi connectivity index (χ3v) is 4.94. The molecular weight excluding hydrogens is 324 g/mol. The summed E-state index contributed by atoms with van der Waals surface area (Å²) in [5, 5.41) is 3.76. The van der Waals surface area contributed by atoms with Crippen molar-refractivity contribution in [3.8, 4) is 0 Å². The van der Waals surface area contributed by atoms with Crippen LogP contribution in [0.1, 0.15) is 20.7 Å². The number of fused-ring (bicyclic) bond motifs is 1. The van der Waals surface area contributed by atoms with Crippen LogP contribution in [0.5, 0.6) is 0 Å². The summed E-state index contributed by atoms with van der Waals surface area (Å²) < 4.78 is 1.84. The first kappa shape index (κ1) is 14.9. The standard InChI is InChI=1S/C17H16N4O2S/c22-16(13-1-2-15-18-4-5-21(15)11-13)19-6-8-20(9-7-19)17(23)14-3-10-24-12-14/h1-5,10-12H,6-9H2. The van der Waals surface area contributed by atoms with Crippen LogP contribution in [0.4, 0.5) is 0 Å². The summed E-state index contributed by atoms with van der Waals surface area (Å²) in [6.07, 6.45) is 5.33. The topological polar surface area (TPSA) is 57.9 Å². The summed E-state index contributed by atoms with van der Waals surface area (Å²) in [5.74, 6) is 0.0383. The van der Waals surface area contributed by atoms with Gasteiger partial charge in [0.2, 0.25) is 0 Å². The van der Waals surface area contributed by atoms with Crippen LogP contribution in [0.25, 0.3) is 5.65 Å². The molecule has 3 aromatic rings. The van der Waals surface area contributed by atoms with E-state index in [0.717, 1.165) is 11.2 Å². The molecule has 7 heteroatoms. The number of imidazole rings is 1. The molecule has 4 heterocycles. The van der Waals surface area contributed by atoms with Crippen molar-refractivity contribution in [2.75, 3.05) is 26.2 Å². The van der Waals surface area contributed by atoms with Crippen molar-refractivity contribution in [3.05, 3.63) is 58.7 Å². The number of hydrogen-bond donors (Lipinski definition) is 0. The molecule has 1 aliphatic heterocycles. The molecule has 1 saturated heterocycles. The number of nitrogens with zero attached hydrogens (tertiary/aromatic N) is 4. The summed E-state index contributed by atoms with van der Waals surface area (Å²) in [5.41, 5.74) is 2.18. The van der Waals surface area contributed by atoms with Gasteiger partial charge in [-0.1, -0.05) is 0 Å². The monoisotopic (exact) mass is 340 g/mol. The second kappa shape index (κ2) is 6.09. The minimum absolute atomic E-state index is 0.00627. The number of aromatic nitrogens is 2. The van der Waals surface area contributed by atoms with Crippen LogP contribution in [-0.4, -0.2) is 57.2 Å². The minimum atomic E-state index is -0.00627. The van der Waals surface area contributed by atoms with Crippen molar-refractivity contribution in [3.63, 3.8) is 0 Å². The second-order valence-electron chi connectivity index (χ2n) is 5.71. The molecule has 0 radical (unpaired) electrons. The van der Waals surface area contributed by atoms with E-state index in [1.54, 1.807) is 23.4 Å². The number of rotatable bonds is 2. The molecule has 1 aliphatic rings. The van der Waals surface area contributed by atoms with Crippen molar-refractivity contribution < 1.29 is 9.59 Å². The number of pyridine rings is 1. The third kappa shape index (κ3) is 2.67. The number of carbonyl (C=O) groups excluding carboxylic acids is 2. The summed E-state index contributed by atoms with van der Waals surface area (Å²) in [7, 11) is 0.